The molecule has 4 aromatic rings. The molecule has 0 spiro atoms. The van der Waals surface area contributed by atoms with Crippen LogP contribution in [0.2, 0.25) is 5.02 Å². The number of ether oxygens (including phenoxy) is 1. The van der Waals surface area contributed by atoms with E-state index in [4.69, 9.17) is 22.1 Å². The predicted octanol–water partition coefficient (Wildman–Crippen LogP) is 3.45. The molecule has 8 nitrogen and oxygen atoms in total. The second-order valence-electron chi connectivity index (χ2n) is 6.79. The topological polar surface area (TPSA) is 108 Å². The molecule has 0 atom stereocenters. The molecule has 11 heteroatoms. The third-order valence-corrected chi connectivity index (χ3v) is 5.04. The smallest absolute Gasteiger partial charge is 0.252 e. The normalized spacial score (nSPS) is 11.0. The minimum Gasteiger partial charge on any atom is -0.497 e. The SMILES string of the molecule is COc1cc(F)cc(-c2nn(CCNC(=O)c3ccc(F)cc3Cl)c3ncnc(N)c23)c1. The summed E-state index contributed by atoms with van der Waals surface area (Å²) in [6, 6.07) is 7.70. The van der Waals surface area contributed by atoms with E-state index < -0.39 is 17.5 Å². The van der Waals surface area contributed by atoms with Crippen molar-refractivity contribution in [2.75, 3.05) is 19.4 Å². The molecule has 2 aromatic carbocycles. The van der Waals surface area contributed by atoms with Crippen LogP contribution in [-0.4, -0.2) is 39.3 Å². The Morgan fingerprint density at radius 2 is 2.00 bits per heavy atom. The Balaban J connectivity index is 1.62. The number of carbonyl (C=O) groups is 1. The molecule has 164 valence electrons. The minimum atomic E-state index is -0.534. The standard InChI is InChI=1S/C21H17ClF2N6O2/c1-32-14-7-11(6-13(24)8-14)18-17-19(25)27-10-28-20(17)30(29-18)5-4-26-21(31)15-3-2-12(23)9-16(15)22/h2-3,6-10H,4-5H2,1H3,(H,26,31)(H2,25,27,28). The molecule has 1 amide bonds. The quantitative estimate of drug-likeness (QED) is 0.458. The Hall–Kier alpha value is -3.79. The first-order valence-electron chi connectivity index (χ1n) is 9.42. The van der Waals surface area contributed by atoms with E-state index in [1.165, 1.54) is 36.3 Å². The van der Waals surface area contributed by atoms with Gasteiger partial charge in [0.15, 0.2) is 5.65 Å². The van der Waals surface area contributed by atoms with Crippen molar-refractivity contribution in [3.05, 3.63) is 64.9 Å². The molecule has 0 aliphatic carbocycles. The molecule has 2 aromatic heterocycles. The molecule has 0 saturated heterocycles. The summed E-state index contributed by atoms with van der Waals surface area (Å²) >= 11 is 5.93. The van der Waals surface area contributed by atoms with Crippen molar-refractivity contribution in [1.29, 1.82) is 0 Å². The number of halogens is 3. The Morgan fingerprint density at radius 3 is 2.75 bits per heavy atom. The lowest BCUT2D eigenvalue weighted by Crippen LogP contribution is -2.27. The van der Waals surface area contributed by atoms with Gasteiger partial charge in [0.1, 0.15) is 35.2 Å². The van der Waals surface area contributed by atoms with Crippen LogP contribution in [0.15, 0.2) is 42.7 Å². The number of rotatable bonds is 6. The van der Waals surface area contributed by atoms with Gasteiger partial charge in [-0.2, -0.15) is 5.10 Å². The van der Waals surface area contributed by atoms with Gasteiger partial charge in [-0.1, -0.05) is 11.6 Å². The monoisotopic (exact) mass is 458 g/mol. The number of nitrogen functional groups attached to an aromatic ring is 1. The number of methoxy groups -OCH3 is 1. The molecule has 0 bridgehead atoms. The number of fused-ring (bicyclic) bond motifs is 1. The molecule has 0 unspecified atom stereocenters. The number of nitrogens with two attached hydrogens (primary N) is 1. The van der Waals surface area contributed by atoms with E-state index >= 15 is 0 Å². The highest BCUT2D eigenvalue weighted by Crippen LogP contribution is 2.32. The Kier molecular flexibility index (Phi) is 5.87. The molecule has 0 fully saturated rings. The fraction of sp³-hybridized carbons (Fsp3) is 0.143. The summed E-state index contributed by atoms with van der Waals surface area (Å²) in [7, 11) is 1.43. The Morgan fingerprint density at radius 1 is 1.19 bits per heavy atom. The lowest BCUT2D eigenvalue weighted by Gasteiger charge is -2.07. The average Bonchev–Trinajstić information content (AvgIpc) is 3.13. The van der Waals surface area contributed by atoms with Crippen LogP contribution in [0.1, 0.15) is 10.4 Å². The van der Waals surface area contributed by atoms with Crippen molar-refractivity contribution in [3.8, 4) is 17.0 Å². The van der Waals surface area contributed by atoms with Crippen LogP contribution in [0, 0.1) is 11.6 Å². The number of nitrogens with zero attached hydrogens (tertiary/aromatic N) is 4. The Bertz CT molecular complexity index is 1330. The average molecular weight is 459 g/mol. The molecule has 0 radical (unpaired) electrons. The van der Waals surface area contributed by atoms with Crippen LogP contribution in [-0.2, 0) is 6.54 Å². The molecule has 0 aliphatic rings. The van der Waals surface area contributed by atoms with E-state index in [1.54, 1.807) is 6.07 Å². The zero-order valence-corrected chi connectivity index (χ0v) is 17.5. The van der Waals surface area contributed by atoms with Crippen molar-refractivity contribution >= 4 is 34.4 Å². The van der Waals surface area contributed by atoms with Crippen molar-refractivity contribution < 1.29 is 18.3 Å². The van der Waals surface area contributed by atoms with E-state index in [0.29, 0.717) is 28.0 Å². The van der Waals surface area contributed by atoms with Gasteiger partial charge in [0.25, 0.3) is 5.91 Å². The first kappa shape index (κ1) is 21.4. The molecule has 32 heavy (non-hydrogen) atoms. The first-order valence-corrected chi connectivity index (χ1v) is 9.80. The van der Waals surface area contributed by atoms with Crippen molar-refractivity contribution in [3.63, 3.8) is 0 Å². The van der Waals surface area contributed by atoms with Gasteiger partial charge in [0.05, 0.1) is 29.6 Å². The van der Waals surface area contributed by atoms with Gasteiger partial charge in [-0.05, 0) is 30.3 Å². The van der Waals surface area contributed by atoms with Crippen LogP contribution < -0.4 is 15.8 Å². The molecule has 2 heterocycles. The number of benzene rings is 2. The van der Waals surface area contributed by atoms with Crippen molar-refractivity contribution in [2.24, 2.45) is 0 Å². The lowest BCUT2D eigenvalue weighted by molar-refractivity contribution is 0.0952. The zero-order chi connectivity index (χ0) is 22.8. The van der Waals surface area contributed by atoms with Gasteiger partial charge in [-0.25, -0.2) is 23.4 Å². The van der Waals surface area contributed by atoms with Gasteiger partial charge in [0.2, 0.25) is 0 Å². The fourth-order valence-corrected chi connectivity index (χ4v) is 3.50. The number of nitrogens with one attached hydrogen (secondary N) is 1. The zero-order valence-electron chi connectivity index (χ0n) is 16.8. The maximum absolute atomic E-state index is 14.1. The third-order valence-electron chi connectivity index (χ3n) is 4.72. The number of carbonyl (C=O) groups excluding carboxylic acids is 1. The van der Waals surface area contributed by atoms with Crippen molar-refractivity contribution in [1.82, 2.24) is 25.1 Å². The van der Waals surface area contributed by atoms with Crippen molar-refractivity contribution in [2.45, 2.75) is 6.54 Å². The van der Waals surface area contributed by atoms with Crippen LogP contribution in [0.25, 0.3) is 22.3 Å². The van der Waals surface area contributed by atoms with Crippen LogP contribution in [0.5, 0.6) is 5.75 Å². The first-order chi connectivity index (χ1) is 15.4. The van der Waals surface area contributed by atoms with E-state index in [0.717, 1.165) is 12.1 Å². The minimum absolute atomic E-state index is 0.00916. The van der Waals surface area contributed by atoms with Gasteiger partial charge in [-0.15, -0.1) is 0 Å². The molecular weight excluding hydrogens is 442 g/mol. The highest BCUT2D eigenvalue weighted by atomic mass is 35.5. The Labute approximate surface area is 186 Å². The molecule has 4 rings (SSSR count). The number of anilines is 1. The third kappa shape index (κ3) is 4.17. The molecule has 0 aliphatic heterocycles. The summed E-state index contributed by atoms with van der Waals surface area (Å²) in [5, 5.41) is 7.68. The van der Waals surface area contributed by atoms with Gasteiger partial charge >= 0.3 is 0 Å². The van der Waals surface area contributed by atoms with E-state index in [-0.39, 0.29) is 29.5 Å². The molecular formula is C21H17ClF2N6O2. The van der Waals surface area contributed by atoms with Crippen LogP contribution in [0.4, 0.5) is 14.6 Å². The summed E-state index contributed by atoms with van der Waals surface area (Å²) < 4.78 is 33.9. The number of hydrogen-bond acceptors (Lipinski definition) is 6. The number of aromatic nitrogens is 4. The summed E-state index contributed by atoms with van der Waals surface area (Å²) in [6.07, 6.45) is 1.29. The highest BCUT2D eigenvalue weighted by molar-refractivity contribution is 6.33. The highest BCUT2D eigenvalue weighted by Gasteiger charge is 2.19. The molecule has 3 N–H and O–H groups in total. The maximum Gasteiger partial charge on any atom is 0.252 e. The fourth-order valence-electron chi connectivity index (χ4n) is 3.25. The second kappa shape index (κ2) is 8.75. The summed E-state index contributed by atoms with van der Waals surface area (Å²) in [4.78, 5) is 20.6. The maximum atomic E-state index is 14.1. The summed E-state index contributed by atoms with van der Waals surface area (Å²) in [5.41, 5.74) is 7.44. The molecule has 0 saturated carbocycles. The largest absolute Gasteiger partial charge is 0.497 e. The van der Waals surface area contributed by atoms with Gasteiger partial charge in [-0.3, -0.25) is 4.79 Å². The van der Waals surface area contributed by atoms with E-state index in [9.17, 15) is 13.6 Å². The van der Waals surface area contributed by atoms with Crippen LogP contribution >= 0.6 is 11.6 Å². The summed E-state index contributed by atoms with van der Waals surface area (Å²) in [5.74, 6) is -0.992. The lowest BCUT2D eigenvalue weighted by atomic mass is 10.1. The second-order valence-corrected chi connectivity index (χ2v) is 7.20. The van der Waals surface area contributed by atoms with Crippen LogP contribution in [0.3, 0.4) is 0 Å². The predicted molar refractivity (Wildman–Crippen MR) is 115 cm³/mol. The van der Waals surface area contributed by atoms with Gasteiger partial charge < -0.3 is 15.8 Å². The van der Waals surface area contributed by atoms with E-state index in [1.807, 2.05) is 0 Å². The number of hydrogen-bond donors (Lipinski definition) is 2. The van der Waals surface area contributed by atoms with E-state index in [2.05, 4.69) is 20.4 Å². The number of amides is 1. The summed E-state index contributed by atoms with van der Waals surface area (Å²) in [6.45, 7) is 0.392. The van der Waals surface area contributed by atoms with Gasteiger partial charge in [0, 0.05) is 18.2 Å².